The van der Waals surface area contributed by atoms with E-state index < -0.39 is 23.9 Å². The minimum atomic E-state index is -0.982. The molecule has 1 aliphatic heterocycles. The molecule has 0 radical (unpaired) electrons. The van der Waals surface area contributed by atoms with Crippen LogP contribution in [0.15, 0.2) is 29.2 Å². The molecule has 3 N–H and O–H groups in total. The van der Waals surface area contributed by atoms with Crippen LogP contribution in [0.3, 0.4) is 0 Å². The molecule has 1 unspecified atom stereocenters. The number of alkyl halides is 1. The van der Waals surface area contributed by atoms with Gasteiger partial charge in [-0.2, -0.15) is 0 Å². The fourth-order valence-electron chi connectivity index (χ4n) is 2.44. The lowest BCUT2D eigenvalue weighted by molar-refractivity contribution is -0.141. The first-order valence-electron chi connectivity index (χ1n) is 6.51. The Morgan fingerprint density at radius 1 is 1.29 bits per heavy atom. The van der Waals surface area contributed by atoms with Crippen molar-refractivity contribution in [2.75, 3.05) is 6.54 Å². The Labute approximate surface area is 140 Å². The zero-order chi connectivity index (χ0) is 15.4. The molecule has 1 aromatic carbocycles. The average Bonchev–Trinajstić information content (AvgIpc) is 2.82. The number of rotatable bonds is 6. The van der Waals surface area contributed by atoms with Crippen molar-refractivity contribution < 1.29 is 19.8 Å². The number of benzene rings is 1. The molecule has 1 aromatic rings. The normalized spacial score (nSPS) is 24.9. The van der Waals surface area contributed by atoms with Gasteiger partial charge in [0.1, 0.15) is 6.04 Å². The first kappa shape index (κ1) is 16.6. The van der Waals surface area contributed by atoms with Crippen LogP contribution in [0.4, 0.5) is 0 Å². The quantitative estimate of drug-likeness (QED) is 0.483. The second kappa shape index (κ2) is 7.46. The summed E-state index contributed by atoms with van der Waals surface area (Å²) in [5.41, 5.74) is 1.23. The summed E-state index contributed by atoms with van der Waals surface area (Å²) in [5.74, 6) is -2.35. The summed E-state index contributed by atoms with van der Waals surface area (Å²) >= 11 is 3.84. The molecule has 5 nitrogen and oxygen atoms in total. The molecule has 21 heavy (non-hydrogen) atoms. The van der Waals surface area contributed by atoms with Crippen molar-refractivity contribution in [1.82, 2.24) is 5.32 Å². The molecular weight excluding hydrogens is 405 g/mol. The van der Waals surface area contributed by atoms with E-state index in [1.54, 1.807) is 11.8 Å². The van der Waals surface area contributed by atoms with Crippen molar-refractivity contribution in [3.63, 3.8) is 0 Å². The van der Waals surface area contributed by atoms with Crippen LogP contribution in [0.5, 0.6) is 0 Å². The highest BCUT2D eigenvalue weighted by Gasteiger charge is 2.41. The number of hydrogen-bond acceptors (Lipinski definition) is 4. The van der Waals surface area contributed by atoms with Gasteiger partial charge in [0.05, 0.1) is 6.42 Å². The fourth-order valence-corrected chi connectivity index (χ4v) is 4.20. The molecule has 3 atom stereocenters. The summed E-state index contributed by atoms with van der Waals surface area (Å²) in [6.07, 6.45) is -0.131. The van der Waals surface area contributed by atoms with Gasteiger partial charge in [-0.15, -0.1) is 11.8 Å². The van der Waals surface area contributed by atoms with Gasteiger partial charge in [-0.1, -0.05) is 34.7 Å². The Kier molecular flexibility index (Phi) is 5.88. The third-order valence-corrected chi connectivity index (χ3v) is 5.73. The van der Waals surface area contributed by atoms with Crippen molar-refractivity contribution >= 4 is 46.3 Å². The van der Waals surface area contributed by atoms with Crippen molar-refractivity contribution in [2.45, 2.75) is 27.0 Å². The minimum absolute atomic E-state index is 0.0485. The summed E-state index contributed by atoms with van der Waals surface area (Å²) in [5, 5.41) is 21.0. The van der Waals surface area contributed by atoms with Crippen molar-refractivity contribution in [3.8, 4) is 0 Å². The Hall–Kier alpha value is -0.800. The molecule has 0 saturated carbocycles. The van der Waals surface area contributed by atoms with Gasteiger partial charge < -0.3 is 15.5 Å². The molecule has 114 valence electrons. The second-order valence-electron chi connectivity index (χ2n) is 4.92. The highest BCUT2D eigenvalue weighted by molar-refractivity contribution is 14.1. The van der Waals surface area contributed by atoms with Crippen LogP contribution in [0, 0.1) is 5.92 Å². The molecule has 0 spiro atoms. The molecule has 1 aliphatic rings. The predicted octanol–water partition coefficient (Wildman–Crippen LogP) is 2.23. The van der Waals surface area contributed by atoms with E-state index in [4.69, 9.17) is 5.11 Å². The maximum Gasteiger partial charge on any atom is 0.321 e. The van der Waals surface area contributed by atoms with E-state index in [9.17, 15) is 14.7 Å². The van der Waals surface area contributed by atoms with Crippen LogP contribution >= 0.6 is 34.4 Å². The van der Waals surface area contributed by atoms with Crippen molar-refractivity contribution in [1.29, 1.82) is 0 Å². The molecule has 0 bridgehead atoms. The smallest absolute Gasteiger partial charge is 0.321 e. The van der Waals surface area contributed by atoms with Gasteiger partial charge in [0.2, 0.25) is 0 Å². The molecular formula is C14H16INO4S. The molecule has 1 saturated heterocycles. The SMILES string of the molecule is O=C(O)C[C@@H]1C(C(=O)O)NC[C@@H]1Sc1ccc(CI)cc1. The van der Waals surface area contributed by atoms with E-state index in [1.165, 1.54) is 5.56 Å². The standard InChI is InChI=1S/C14H16INO4S/c15-6-8-1-3-9(4-2-8)21-11-7-16-13(14(19)20)10(11)5-12(17)18/h1-4,10-11,13,16H,5-7H2,(H,17,18)(H,19,20)/t10-,11-,13?/m0/s1. The molecule has 1 heterocycles. The molecule has 7 heteroatoms. The molecule has 0 amide bonds. The average molecular weight is 421 g/mol. The predicted molar refractivity (Wildman–Crippen MR) is 89.0 cm³/mol. The summed E-state index contributed by atoms with van der Waals surface area (Å²) < 4.78 is 0.941. The molecule has 1 fully saturated rings. The fraction of sp³-hybridized carbons (Fsp3) is 0.429. The lowest BCUT2D eigenvalue weighted by atomic mass is 9.96. The lowest BCUT2D eigenvalue weighted by Gasteiger charge is -2.19. The van der Waals surface area contributed by atoms with Gasteiger partial charge in [0.15, 0.2) is 0 Å². The number of hydrogen-bond donors (Lipinski definition) is 3. The topological polar surface area (TPSA) is 86.6 Å². The van der Waals surface area contributed by atoms with E-state index in [0.29, 0.717) is 6.54 Å². The number of carboxylic acid groups (broad SMARTS) is 2. The Bertz CT molecular complexity index is 522. The van der Waals surface area contributed by atoms with Crippen LogP contribution in [0.2, 0.25) is 0 Å². The molecule has 2 rings (SSSR count). The number of thioether (sulfide) groups is 1. The van der Waals surface area contributed by atoms with Crippen molar-refractivity contribution in [2.24, 2.45) is 5.92 Å². The summed E-state index contributed by atoms with van der Waals surface area (Å²) in [7, 11) is 0. The van der Waals surface area contributed by atoms with Crippen LogP contribution in [-0.4, -0.2) is 40.0 Å². The van der Waals surface area contributed by atoms with Crippen molar-refractivity contribution in [3.05, 3.63) is 29.8 Å². The highest BCUT2D eigenvalue weighted by atomic mass is 127. The first-order valence-corrected chi connectivity index (χ1v) is 8.91. The molecule has 0 aliphatic carbocycles. The van der Waals surface area contributed by atoms with Gasteiger partial charge in [-0.05, 0) is 17.7 Å². The first-order chi connectivity index (χ1) is 10.0. The van der Waals surface area contributed by atoms with Gasteiger partial charge >= 0.3 is 11.9 Å². The summed E-state index contributed by atoms with van der Waals surface area (Å²) in [6, 6.07) is 7.30. The second-order valence-corrected chi connectivity index (χ2v) is 7.00. The third-order valence-electron chi connectivity index (χ3n) is 3.49. The Morgan fingerprint density at radius 2 is 1.95 bits per heavy atom. The summed E-state index contributed by atoms with van der Waals surface area (Å²) in [6.45, 7) is 0.508. The van der Waals surface area contributed by atoms with Crippen LogP contribution in [0.1, 0.15) is 12.0 Å². The summed E-state index contributed by atoms with van der Waals surface area (Å²) in [4.78, 5) is 23.2. The number of halogens is 1. The maximum absolute atomic E-state index is 11.2. The number of carbonyl (C=O) groups is 2. The van der Waals surface area contributed by atoms with E-state index in [0.717, 1.165) is 9.32 Å². The van der Waals surface area contributed by atoms with Gasteiger partial charge in [0.25, 0.3) is 0 Å². The van der Waals surface area contributed by atoms with Gasteiger partial charge in [-0.25, -0.2) is 0 Å². The zero-order valence-corrected chi connectivity index (χ0v) is 14.1. The maximum atomic E-state index is 11.2. The van der Waals surface area contributed by atoms with E-state index in [1.807, 2.05) is 24.3 Å². The van der Waals surface area contributed by atoms with E-state index in [2.05, 4.69) is 27.9 Å². The van der Waals surface area contributed by atoms with Gasteiger partial charge in [0, 0.05) is 27.0 Å². The van der Waals surface area contributed by atoms with Gasteiger partial charge in [-0.3, -0.25) is 9.59 Å². The van der Waals surface area contributed by atoms with Crippen LogP contribution in [0.25, 0.3) is 0 Å². The van der Waals surface area contributed by atoms with E-state index in [-0.39, 0.29) is 11.7 Å². The minimum Gasteiger partial charge on any atom is -0.481 e. The largest absolute Gasteiger partial charge is 0.481 e. The van der Waals surface area contributed by atoms with Crippen LogP contribution in [-0.2, 0) is 14.0 Å². The zero-order valence-electron chi connectivity index (χ0n) is 11.2. The molecule has 0 aromatic heterocycles. The number of carboxylic acids is 2. The lowest BCUT2D eigenvalue weighted by Crippen LogP contribution is -2.37. The van der Waals surface area contributed by atoms with Crippen LogP contribution < -0.4 is 5.32 Å². The van der Waals surface area contributed by atoms with E-state index >= 15 is 0 Å². The Balaban J connectivity index is 2.09. The third kappa shape index (κ3) is 4.33. The number of nitrogens with one attached hydrogen (secondary N) is 1. The highest BCUT2D eigenvalue weighted by Crippen LogP contribution is 2.35. The monoisotopic (exact) mass is 421 g/mol. The number of aliphatic carboxylic acids is 2. The Morgan fingerprint density at radius 3 is 2.48 bits per heavy atom.